The summed E-state index contributed by atoms with van der Waals surface area (Å²) in [7, 11) is 0. The summed E-state index contributed by atoms with van der Waals surface area (Å²) in [5.41, 5.74) is 4.88. The van der Waals surface area contributed by atoms with Gasteiger partial charge in [0, 0.05) is 48.8 Å². The van der Waals surface area contributed by atoms with E-state index in [1.54, 1.807) is 12.4 Å². The first kappa shape index (κ1) is 18.2. The van der Waals surface area contributed by atoms with E-state index in [1.807, 2.05) is 25.1 Å². The van der Waals surface area contributed by atoms with Crippen LogP contribution in [0, 0.1) is 13.8 Å². The van der Waals surface area contributed by atoms with Gasteiger partial charge in [0.2, 0.25) is 0 Å². The van der Waals surface area contributed by atoms with Gasteiger partial charge in [-0.2, -0.15) is 5.10 Å². The molecule has 1 aromatic carbocycles. The zero-order valence-electron chi connectivity index (χ0n) is 16.3. The largest absolute Gasteiger partial charge is 0.355 e. The molecule has 1 saturated heterocycles. The standard InChI is InChI=1S/C22H25N5O/c1-15-4-3-5-17(10-15)18-12-19(14-23-13-18)22(28)24-20-6-8-27(9-7-20)21-11-16(2)25-26-21/h3-5,10-14,20H,6-9H2,1-2H3,(H,24,28)(H,25,26). The highest BCUT2D eigenvalue weighted by Gasteiger charge is 2.22. The van der Waals surface area contributed by atoms with Crippen LogP contribution in [0.5, 0.6) is 0 Å². The van der Waals surface area contributed by atoms with Crippen molar-refractivity contribution in [2.75, 3.05) is 18.0 Å². The third kappa shape index (κ3) is 4.06. The maximum absolute atomic E-state index is 12.7. The predicted octanol–water partition coefficient (Wildman–Crippen LogP) is 3.49. The minimum absolute atomic E-state index is 0.0592. The summed E-state index contributed by atoms with van der Waals surface area (Å²) in [6.07, 6.45) is 5.25. The topological polar surface area (TPSA) is 73.9 Å². The van der Waals surface area contributed by atoms with Crippen LogP contribution in [0.1, 0.15) is 34.5 Å². The van der Waals surface area contributed by atoms with Crippen LogP contribution in [0.2, 0.25) is 0 Å². The van der Waals surface area contributed by atoms with Gasteiger partial charge in [0.15, 0.2) is 5.82 Å². The minimum Gasteiger partial charge on any atom is -0.355 e. The molecule has 4 rings (SSSR count). The lowest BCUT2D eigenvalue weighted by Gasteiger charge is -2.32. The van der Waals surface area contributed by atoms with E-state index in [0.29, 0.717) is 5.56 Å². The Morgan fingerprint density at radius 2 is 1.93 bits per heavy atom. The molecule has 1 amide bonds. The number of nitrogens with one attached hydrogen (secondary N) is 2. The van der Waals surface area contributed by atoms with E-state index in [-0.39, 0.29) is 11.9 Å². The van der Waals surface area contributed by atoms with Gasteiger partial charge in [-0.1, -0.05) is 29.8 Å². The first-order valence-electron chi connectivity index (χ1n) is 9.68. The molecule has 0 atom stereocenters. The number of piperidine rings is 1. The van der Waals surface area contributed by atoms with Gasteiger partial charge in [-0.15, -0.1) is 0 Å². The Kier molecular flexibility index (Phi) is 5.10. The Morgan fingerprint density at radius 3 is 2.64 bits per heavy atom. The number of H-pyrrole nitrogens is 1. The monoisotopic (exact) mass is 375 g/mol. The molecule has 144 valence electrons. The molecule has 0 bridgehead atoms. The number of hydrogen-bond acceptors (Lipinski definition) is 4. The Labute approximate surface area is 165 Å². The van der Waals surface area contributed by atoms with E-state index < -0.39 is 0 Å². The lowest BCUT2D eigenvalue weighted by molar-refractivity contribution is 0.0930. The Bertz CT molecular complexity index is 972. The number of nitrogens with zero attached hydrogens (tertiary/aromatic N) is 3. The van der Waals surface area contributed by atoms with Crippen LogP contribution in [0.3, 0.4) is 0 Å². The molecule has 2 N–H and O–H groups in total. The number of benzene rings is 1. The number of aromatic amines is 1. The highest BCUT2D eigenvalue weighted by Crippen LogP contribution is 2.21. The van der Waals surface area contributed by atoms with Crippen LogP contribution in [0.15, 0.2) is 48.8 Å². The number of carbonyl (C=O) groups is 1. The van der Waals surface area contributed by atoms with Gasteiger partial charge in [0.25, 0.3) is 5.91 Å². The average Bonchev–Trinajstić information content (AvgIpc) is 3.15. The molecule has 28 heavy (non-hydrogen) atoms. The van der Waals surface area contributed by atoms with Gasteiger partial charge >= 0.3 is 0 Å². The molecule has 6 heteroatoms. The fourth-order valence-corrected chi connectivity index (χ4v) is 3.63. The molecule has 6 nitrogen and oxygen atoms in total. The Hall–Kier alpha value is -3.15. The number of rotatable bonds is 4. The summed E-state index contributed by atoms with van der Waals surface area (Å²) < 4.78 is 0. The Balaban J connectivity index is 1.39. The molecule has 0 radical (unpaired) electrons. The molecule has 1 fully saturated rings. The number of aromatic nitrogens is 3. The number of pyridine rings is 1. The summed E-state index contributed by atoms with van der Waals surface area (Å²) in [4.78, 5) is 19.3. The van der Waals surface area contributed by atoms with Gasteiger partial charge in [-0.25, -0.2) is 0 Å². The van der Waals surface area contributed by atoms with Gasteiger partial charge in [0.1, 0.15) is 0 Å². The van der Waals surface area contributed by atoms with Crippen molar-refractivity contribution in [1.29, 1.82) is 0 Å². The van der Waals surface area contributed by atoms with Gasteiger partial charge in [-0.3, -0.25) is 14.9 Å². The molecule has 1 aliphatic heterocycles. The summed E-state index contributed by atoms with van der Waals surface area (Å²) in [6, 6.07) is 12.4. The first-order chi connectivity index (χ1) is 13.6. The summed E-state index contributed by atoms with van der Waals surface area (Å²) in [6.45, 7) is 5.83. The fraction of sp³-hybridized carbons (Fsp3) is 0.318. The van der Waals surface area contributed by atoms with Crippen LogP contribution >= 0.6 is 0 Å². The second-order valence-electron chi connectivity index (χ2n) is 7.48. The SMILES string of the molecule is Cc1cccc(-c2cncc(C(=O)NC3CCN(c4cc(C)[nH]n4)CC3)c2)c1. The first-order valence-corrected chi connectivity index (χ1v) is 9.68. The van der Waals surface area contributed by atoms with Crippen molar-refractivity contribution in [3.8, 4) is 11.1 Å². The van der Waals surface area contributed by atoms with Crippen LogP contribution in [-0.4, -0.2) is 40.2 Å². The molecule has 3 aromatic rings. The average molecular weight is 375 g/mol. The highest BCUT2D eigenvalue weighted by atomic mass is 16.1. The predicted molar refractivity (Wildman–Crippen MR) is 110 cm³/mol. The van der Waals surface area contributed by atoms with Crippen LogP contribution in [0.25, 0.3) is 11.1 Å². The number of amides is 1. The minimum atomic E-state index is -0.0592. The van der Waals surface area contributed by atoms with Crippen LogP contribution < -0.4 is 10.2 Å². The van der Waals surface area contributed by atoms with Crippen molar-refractivity contribution in [1.82, 2.24) is 20.5 Å². The molecular weight excluding hydrogens is 350 g/mol. The van der Waals surface area contributed by atoms with E-state index in [4.69, 9.17) is 0 Å². The molecule has 0 saturated carbocycles. The van der Waals surface area contributed by atoms with Crippen LogP contribution in [-0.2, 0) is 0 Å². The number of aryl methyl sites for hydroxylation is 2. The van der Waals surface area contributed by atoms with E-state index in [0.717, 1.165) is 48.6 Å². The summed E-state index contributed by atoms with van der Waals surface area (Å²) >= 11 is 0. The fourth-order valence-electron chi connectivity index (χ4n) is 3.63. The molecule has 0 unspecified atom stereocenters. The van der Waals surface area contributed by atoms with Crippen molar-refractivity contribution in [3.05, 3.63) is 65.6 Å². The number of hydrogen-bond donors (Lipinski definition) is 2. The van der Waals surface area contributed by atoms with E-state index in [1.165, 1.54) is 5.56 Å². The third-order valence-corrected chi connectivity index (χ3v) is 5.20. The molecule has 0 spiro atoms. The maximum Gasteiger partial charge on any atom is 0.253 e. The lowest BCUT2D eigenvalue weighted by atomic mass is 10.0. The van der Waals surface area contributed by atoms with Crippen molar-refractivity contribution < 1.29 is 4.79 Å². The van der Waals surface area contributed by atoms with Gasteiger partial charge < -0.3 is 10.2 Å². The number of carbonyl (C=O) groups excluding carboxylic acids is 1. The smallest absolute Gasteiger partial charge is 0.253 e. The molecule has 3 heterocycles. The van der Waals surface area contributed by atoms with Crippen molar-refractivity contribution in [3.63, 3.8) is 0 Å². The molecule has 2 aromatic heterocycles. The summed E-state index contributed by atoms with van der Waals surface area (Å²) in [5.74, 6) is 0.924. The Morgan fingerprint density at radius 1 is 1.11 bits per heavy atom. The molecule has 0 aliphatic carbocycles. The summed E-state index contributed by atoms with van der Waals surface area (Å²) in [5, 5.41) is 10.5. The molecule has 1 aliphatic rings. The van der Waals surface area contributed by atoms with Gasteiger partial charge in [0.05, 0.1) is 5.56 Å². The third-order valence-electron chi connectivity index (χ3n) is 5.20. The quantitative estimate of drug-likeness (QED) is 0.732. The lowest BCUT2D eigenvalue weighted by Crippen LogP contribution is -2.44. The zero-order valence-corrected chi connectivity index (χ0v) is 16.3. The normalized spacial score (nSPS) is 14.9. The zero-order chi connectivity index (χ0) is 19.5. The number of anilines is 1. The van der Waals surface area contributed by atoms with Crippen molar-refractivity contribution in [2.24, 2.45) is 0 Å². The van der Waals surface area contributed by atoms with Crippen molar-refractivity contribution in [2.45, 2.75) is 32.7 Å². The van der Waals surface area contributed by atoms with Crippen molar-refractivity contribution >= 4 is 11.7 Å². The highest BCUT2D eigenvalue weighted by molar-refractivity contribution is 5.95. The second kappa shape index (κ2) is 7.84. The van der Waals surface area contributed by atoms with Gasteiger partial charge in [-0.05, 0) is 38.3 Å². The van der Waals surface area contributed by atoms with E-state index in [2.05, 4.69) is 50.5 Å². The molecular formula is C22H25N5O. The second-order valence-corrected chi connectivity index (χ2v) is 7.48. The van der Waals surface area contributed by atoms with E-state index in [9.17, 15) is 4.79 Å². The van der Waals surface area contributed by atoms with E-state index >= 15 is 0 Å². The van der Waals surface area contributed by atoms with Crippen LogP contribution in [0.4, 0.5) is 5.82 Å². The maximum atomic E-state index is 12.7.